The van der Waals surface area contributed by atoms with E-state index in [0.717, 1.165) is 0 Å². The first kappa shape index (κ1) is 15.1. The molecule has 0 aliphatic heterocycles. The molecule has 0 atom stereocenters. The molecule has 2 aromatic carbocycles. The number of halogens is 1. The van der Waals surface area contributed by atoms with Crippen LogP contribution < -0.4 is 10.2 Å². The number of rotatable bonds is 2. The molecular weight excluding hydrogens is 320 g/mol. The summed E-state index contributed by atoms with van der Waals surface area (Å²) in [5.41, 5.74) is 0.242. The molecule has 0 amide bonds. The summed E-state index contributed by atoms with van der Waals surface area (Å²) in [6.45, 7) is 1.20. The van der Waals surface area contributed by atoms with Crippen LogP contribution in [0.25, 0.3) is 22.3 Å². The SMILES string of the molecule is CC(=O)Oc1cc(O)cc2oc(-c3ccccc3Cl)cc(=O)c12. The van der Waals surface area contributed by atoms with Crippen LogP contribution in [0.5, 0.6) is 11.5 Å². The van der Waals surface area contributed by atoms with Crippen LogP contribution in [-0.4, -0.2) is 11.1 Å². The predicted molar refractivity (Wildman–Crippen MR) is 85.9 cm³/mol. The summed E-state index contributed by atoms with van der Waals surface area (Å²) in [7, 11) is 0. The van der Waals surface area contributed by atoms with Gasteiger partial charge in [0.05, 0.1) is 5.02 Å². The molecule has 1 aromatic heterocycles. The van der Waals surface area contributed by atoms with Gasteiger partial charge in [0, 0.05) is 30.7 Å². The topological polar surface area (TPSA) is 76.7 Å². The highest BCUT2D eigenvalue weighted by Crippen LogP contribution is 2.33. The summed E-state index contributed by atoms with van der Waals surface area (Å²) in [4.78, 5) is 23.6. The van der Waals surface area contributed by atoms with Gasteiger partial charge in [0.15, 0.2) is 5.43 Å². The molecule has 0 saturated heterocycles. The molecule has 3 aromatic rings. The fourth-order valence-electron chi connectivity index (χ4n) is 2.27. The lowest BCUT2D eigenvalue weighted by Gasteiger charge is -2.08. The van der Waals surface area contributed by atoms with Crippen molar-refractivity contribution in [2.45, 2.75) is 6.92 Å². The number of phenolic OH excluding ortho intramolecular Hbond substituents is 1. The van der Waals surface area contributed by atoms with Crippen LogP contribution in [0.2, 0.25) is 5.02 Å². The number of hydrogen-bond donors (Lipinski definition) is 1. The smallest absolute Gasteiger partial charge is 0.308 e. The number of carbonyl (C=O) groups excluding carboxylic acids is 1. The lowest BCUT2D eigenvalue weighted by atomic mass is 10.1. The molecule has 1 N–H and O–H groups in total. The molecule has 0 fully saturated rings. The van der Waals surface area contributed by atoms with Crippen LogP contribution in [0.15, 0.2) is 51.7 Å². The number of aromatic hydroxyl groups is 1. The van der Waals surface area contributed by atoms with Crippen LogP contribution in [0.1, 0.15) is 6.92 Å². The van der Waals surface area contributed by atoms with E-state index in [9.17, 15) is 14.7 Å². The Hall–Kier alpha value is -2.79. The Labute approximate surface area is 135 Å². The van der Waals surface area contributed by atoms with Crippen molar-refractivity contribution in [3.8, 4) is 22.8 Å². The van der Waals surface area contributed by atoms with Crippen LogP contribution in [0.4, 0.5) is 0 Å². The highest BCUT2D eigenvalue weighted by Gasteiger charge is 2.15. The molecule has 0 aliphatic rings. The number of ether oxygens (including phenoxy) is 1. The lowest BCUT2D eigenvalue weighted by Crippen LogP contribution is -2.07. The highest BCUT2D eigenvalue weighted by atomic mass is 35.5. The van der Waals surface area contributed by atoms with E-state index in [0.29, 0.717) is 10.6 Å². The average Bonchev–Trinajstić information content (AvgIpc) is 2.45. The van der Waals surface area contributed by atoms with Gasteiger partial charge < -0.3 is 14.3 Å². The van der Waals surface area contributed by atoms with E-state index in [-0.39, 0.29) is 28.2 Å². The lowest BCUT2D eigenvalue weighted by molar-refractivity contribution is -0.131. The van der Waals surface area contributed by atoms with Crippen LogP contribution in [0, 0.1) is 0 Å². The Bertz CT molecular complexity index is 974. The van der Waals surface area contributed by atoms with Crippen molar-refractivity contribution in [2.24, 2.45) is 0 Å². The van der Waals surface area contributed by atoms with Crippen molar-refractivity contribution in [1.29, 1.82) is 0 Å². The minimum absolute atomic E-state index is 0.0491. The predicted octanol–water partition coefficient (Wildman–Crippen LogP) is 3.74. The van der Waals surface area contributed by atoms with Gasteiger partial charge in [-0.1, -0.05) is 23.7 Å². The van der Waals surface area contributed by atoms with Crippen LogP contribution >= 0.6 is 11.6 Å². The first-order chi connectivity index (χ1) is 11.0. The normalized spacial score (nSPS) is 10.7. The Morgan fingerprint density at radius 3 is 2.65 bits per heavy atom. The number of benzene rings is 2. The molecular formula is C17H11ClO5. The Morgan fingerprint density at radius 1 is 1.22 bits per heavy atom. The summed E-state index contributed by atoms with van der Waals surface area (Å²) in [5, 5.41) is 10.3. The van der Waals surface area contributed by atoms with Crippen LogP contribution in [0.3, 0.4) is 0 Å². The van der Waals surface area contributed by atoms with E-state index < -0.39 is 11.4 Å². The van der Waals surface area contributed by atoms with E-state index in [4.69, 9.17) is 20.8 Å². The average molecular weight is 331 g/mol. The van der Waals surface area contributed by atoms with E-state index in [2.05, 4.69) is 0 Å². The third kappa shape index (κ3) is 2.91. The molecule has 116 valence electrons. The van der Waals surface area contributed by atoms with Crippen molar-refractivity contribution in [3.05, 3.63) is 57.7 Å². The first-order valence-corrected chi connectivity index (χ1v) is 7.07. The van der Waals surface area contributed by atoms with E-state index in [1.54, 1.807) is 24.3 Å². The second-order valence-electron chi connectivity index (χ2n) is 4.87. The maximum Gasteiger partial charge on any atom is 0.308 e. The Kier molecular flexibility index (Phi) is 3.80. The van der Waals surface area contributed by atoms with Crippen molar-refractivity contribution in [2.75, 3.05) is 0 Å². The fourth-order valence-corrected chi connectivity index (χ4v) is 2.50. The monoisotopic (exact) mass is 330 g/mol. The maximum atomic E-state index is 12.4. The van der Waals surface area contributed by atoms with Gasteiger partial charge in [-0.25, -0.2) is 0 Å². The van der Waals surface area contributed by atoms with Crippen LogP contribution in [-0.2, 0) is 4.79 Å². The molecule has 6 heteroatoms. The molecule has 0 radical (unpaired) electrons. The molecule has 5 nitrogen and oxygen atoms in total. The molecule has 0 bridgehead atoms. The minimum Gasteiger partial charge on any atom is -0.508 e. The van der Waals surface area contributed by atoms with Gasteiger partial charge >= 0.3 is 5.97 Å². The largest absolute Gasteiger partial charge is 0.508 e. The van der Waals surface area contributed by atoms with Gasteiger partial charge in [0.25, 0.3) is 0 Å². The van der Waals surface area contributed by atoms with Crippen molar-refractivity contribution in [3.63, 3.8) is 0 Å². The van der Waals surface area contributed by atoms with Gasteiger partial charge in [-0.05, 0) is 12.1 Å². The number of carbonyl (C=O) groups is 1. The summed E-state index contributed by atoms with van der Waals surface area (Å²) >= 11 is 6.11. The Balaban J connectivity index is 2.29. The summed E-state index contributed by atoms with van der Waals surface area (Å²) in [5.74, 6) is -0.584. The molecule has 0 saturated carbocycles. The zero-order valence-electron chi connectivity index (χ0n) is 12.0. The van der Waals surface area contributed by atoms with Gasteiger partial charge in [0.1, 0.15) is 28.2 Å². The van der Waals surface area contributed by atoms with Gasteiger partial charge in [0.2, 0.25) is 0 Å². The number of esters is 1. The van der Waals surface area contributed by atoms with Gasteiger partial charge in [-0.2, -0.15) is 0 Å². The summed E-state index contributed by atoms with van der Waals surface area (Å²) in [6.07, 6.45) is 0. The van der Waals surface area contributed by atoms with E-state index >= 15 is 0 Å². The first-order valence-electron chi connectivity index (χ1n) is 6.70. The molecule has 23 heavy (non-hydrogen) atoms. The standard InChI is InChI=1S/C17H11ClO5/c1-9(19)22-15-6-10(20)7-16-17(15)13(21)8-14(23-16)11-4-2-3-5-12(11)18/h2-8,20H,1H3. The zero-order chi connectivity index (χ0) is 16.6. The molecule has 0 unspecified atom stereocenters. The van der Waals surface area contributed by atoms with Crippen molar-refractivity contribution >= 4 is 28.5 Å². The summed E-state index contributed by atoms with van der Waals surface area (Å²) in [6, 6.07) is 10.7. The molecule has 1 heterocycles. The third-order valence-electron chi connectivity index (χ3n) is 3.17. The van der Waals surface area contributed by atoms with Crippen molar-refractivity contribution in [1.82, 2.24) is 0 Å². The molecule has 3 rings (SSSR count). The minimum atomic E-state index is -0.605. The summed E-state index contributed by atoms with van der Waals surface area (Å²) < 4.78 is 10.7. The van der Waals surface area contributed by atoms with Crippen molar-refractivity contribution < 1.29 is 19.1 Å². The van der Waals surface area contributed by atoms with Gasteiger partial charge in [-0.15, -0.1) is 0 Å². The quantitative estimate of drug-likeness (QED) is 0.572. The molecule has 0 spiro atoms. The second kappa shape index (κ2) is 5.78. The second-order valence-corrected chi connectivity index (χ2v) is 5.27. The van der Waals surface area contributed by atoms with E-state index in [1.807, 2.05) is 0 Å². The fraction of sp³-hybridized carbons (Fsp3) is 0.0588. The van der Waals surface area contributed by atoms with Gasteiger partial charge in [-0.3, -0.25) is 9.59 Å². The zero-order valence-corrected chi connectivity index (χ0v) is 12.8. The third-order valence-corrected chi connectivity index (χ3v) is 3.50. The number of fused-ring (bicyclic) bond motifs is 1. The number of hydrogen-bond acceptors (Lipinski definition) is 5. The van der Waals surface area contributed by atoms with E-state index in [1.165, 1.54) is 25.1 Å². The Morgan fingerprint density at radius 2 is 1.96 bits per heavy atom. The number of phenols is 1. The molecule has 0 aliphatic carbocycles. The maximum absolute atomic E-state index is 12.4. The highest BCUT2D eigenvalue weighted by molar-refractivity contribution is 6.33.